The summed E-state index contributed by atoms with van der Waals surface area (Å²) in [5.41, 5.74) is 0. The van der Waals surface area contributed by atoms with E-state index in [1.165, 1.54) is 270 Å². The zero-order valence-electron chi connectivity index (χ0n) is 40.2. The average Bonchev–Trinajstić information content (AvgIpc) is 3.23. The minimum atomic E-state index is 0. The first-order valence-corrected chi connectivity index (χ1v) is 26.3. The third kappa shape index (κ3) is 73.3. The fraction of sp³-hybridized carbons (Fsp3) is 0.944. The van der Waals surface area contributed by atoms with Gasteiger partial charge in [-0.15, -0.1) is 0 Å². The Morgan fingerprint density at radius 3 is 0.397 bits per heavy atom. The Labute approximate surface area is 382 Å². The Balaban J connectivity index is -0.000000374. The van der Waals surface area contributed by atoms with Crippen LogP contribution in [0.5, 0.6) is 0 Å². The molecule has 0 bridgehead atoms. The van der Waals surface area contributed by atoms with E-state index in [2.05, 4.69) is 20.8 Å². The van der Waals surface area contributed by atoms with Crippen molar-refractivity contribution in [2.75, 3.05) is 0 Å². The van der Waals surface area contributed by atoms with Gasteiger partial charge in [0.05, 0.1) is 0 Å². The predicted octanol–water partition coefficient (Wildman–Crippen LogP) is 19.1. The van der Waals surface area contributed by atoms with E-state index in [-0.39, 0.29) is 21.7 Å². The summed E-state index contributed by atoms with van der Waals surface area (Å²) in [5, 5.41) is 0. The van der Waals surface area contributed by atoms with Crippen molar-refractivity contribution in [3.63, 3.8) is 0 Å². The van der Waals surface area contributed by atoms with Gasteiger partial charge in [-0.1, -0.05) is 310 Å². The molecule has 0 spiro atoms. The molecule has 0 amide bonds. The number of hydrogen-bond donors (Lipinski definition) is 0. The second-order valence-corrected chi connectivity index (χ2v) is 17.5. The van der Waals surface area contributed by atoms with Gasteiger partial charge in [-0.3, -0.25) is 18.9 Å². The molecule has 0 saturated heterocycles. The molecule has 0 unspecified atom stereocenters. The third-order valence-electron chi connectivity index (χ3n) is 11.6. The zero-order valence-corrected chi connectivity index (χ0v) is 41.7. The summed E-state index contributed by atoms with van der Waals surface area (Å²) in [6.07, 6.45) is 69.6. The van der Waals surface area contributed by atoms with Crippen LogP contribution in [0.1, 0.15) is 329 Å². The summed E-state index contributed by atoms with van der Waals surface area (Å²) in [5.74, 6) is 0. The fourth-order valence-corrected chi connectivity index (χ4v) is 7.71. The van der Waals surface area contributed by atoms with E-state index in [0.29, 0.717) is 19.3 Å². The van der Waals surface area contributed by atoms with Crippen LogP contribution in [0.4, 0.5) is 0 Å². The number of rotatable bonds is 48. The van der Waals surface area contributed by atoms with Gasteiger partial charge in [-0.25, -0.2) is 0 Å². The molecule has 343 valence electrons. The van der Waals surface area contributed by atoms with Crippen molar-refractivity contribution >= 4 is 18.9 Å². The van der Waals surface area contributed by atoms with Crippen LogP contribution >= 0.6 is 0 Å². The van der Waals surface area contributed by atoms with Crippen molar-refractivity contribution < 1.29 is 36.1 Å². The van der Waals surface area contributed by atoms with E-state index in [4.69, 9.17) is 0 Å². The van der Waals surface area contributed by atoms with Crippen LogP contribution in [-0.4, -0.2) is 18.9 Å². The van der Waals surface area contributed by atoms with Gasteiger partial charge in [0.25, 0.3) is 0 Å². The van der Waals surface area contributed by atoms with Crippen molar-refractivity contribution in [2.45, 2.75) is 329 Å². The molecular weight excluding hydrogens is 744 g/mol. The molecule has 0 aromatic heterocycles. The summed E-state index contributed by atoms with van der Waals surface area (Å²) in [6, 6.07) is 0. The van der Waals surface area contributed by atoms with E-state index in [0.717, 1.165) is 19.3 Å². The third-order valence-corrected chi connectivity index (χ3v) is 11.6. The van der Waals surface area contributed by atoms with Gasteiger partial charge in [0.2, 0.25) is 0 Å². The van der Waals surface area contributed by atoms with Gasteiger partial charge in [-0.05, 0) is 0 Å². The van der Waals surface area contributed by atoms with Crippen LogP contribution in [0.25, 0.3) is 0 Å². The van der Waals surface area contributed by atoms with Gasteiger partial charge in [0, 0.05) is 0 Å². The minimum absolute atomic E-state index is 0. The topological polar surface area (TPSA) is 51.2 Å². The molecule has 0 N–H and O–H groups in total. The summed E-state index contributed by atoms with van der Waals surface area (Å²) >= 11 is 0. The standard InChI is InChI=1S/3C18H35O.Ti/c3*1-2-3-4-5-6-7-8-9-10-11-12-13-14-15-16-17-18-19;/h3*2-17H2,1H3;/q3*-1;+3. The molecule has 0 aromatic carbocycles. The molecule has 0 aliphatic heterocycles. The Kier molecular flexibility index (Phi) is 76.0. The Bertz CT molecular complexity index is 593. The molecule has 0 heterocycles. The Hall–Kier alpha value is -0.276. The molecule has 4 heteroatoms. The van der Waals surface area contributed by atoms with Gasteiger partial charge in [0.1, 0.15) is 0 Å². The van der Waals surface area contributed by atoms with Crippen molar-refractivity contribution in [2.24, 2.45) is 0 Å². The second kappa shape index (κ2) is 68.5. The van der Waals surface area contributed by atoms with Crippen LogP contribution in [0, 0.1) is 0 Å². The first-order valence-electron chi connectivity index (χ1n) is 26.3. The monoisotopic (exact) mass is 850 g/mol. The van der Waals surface area contributed by atoms with Crippen molar-refractivity contribution in [3.8, 4) is 0 Å². The van der Waals surface area contributed by atoms with E-state index in [1.54, 1.807) is 0 Å². The van der Waals surface area contributed by atoms with Crippen LogP contribution < -0.4 is 0 Å². The predicted molar refractivity (Wildman–Crippen MR) is 256 cm³/mol. The molecule has 3 nitrogen and oxygen atoms in total. The summed E-state index contributed by atoms with van der Waals surface area (Å²) < 4.78 is 0. The fourth-order valence-electron chi connectivity index (χ4n) is 7.71. The number of unbranched alkanes of at least 4 members (excludes halogenated alkanes) is 45. The SMILES string of the molecule is CCCCCCCCCCCCCCCCC[C-]=O.CCCCCCCCCCCCCCCCC[C-]=O.CCCCCCCCCCCCCCCCC[C-]=O.[Ti+3]. The van der Waals surface area contributed by atoms with Crippen LogP contribution in [0.2, 0.25) is 0 Å². The maximum atomic E-state index is 10.0. The zero-order chi connectivity index (χ0) is 42.1. The van der Waals surface area contributed by atoms with E-state index in [1.807, 2.05) is 18.9 Å². The van der Waals surface area contributed by atoms with E-state index >= 15 is 0 Å². The summed E-state index contributed by atoms with van der Waals surface area (Å²) in [7, 11) is 0. The number of hydrogen-bond acceptors (Lipinski definition) is 3. The van der Waals surface area contributed by atoms with Gasteiger partial charge in [-0.2, -0.15) is 19.3 Å². The first-order chi connectivity index (χ1) is 28.2. The summed E-state index contributed by atoms with van der Waals surface area (Å²) in [6.45, 7) is 6.84. The quantitative estimate of drug-likeness (QED) is 0.0348. The maximum absolute atomic E-state index is 10.0. The normalized spacial score (nSPS) is 10.6. The Morgan fingerprint density at radius 2 is 0.293 bits per heavy atom. The molecule has 0 aromatic rings. The van der Waals surface area contributed by atoms with Gasteiger partial charge in [0.15, 0.2) is 0 Å². The maximum Gasteiger partial charge on any atom is 3.00 e. The number of carbonyl (C=O) groups excluding carboxylic acids is 3. The second-order valence-electron chi connectivity index (χ2n) is 17.5. The molecule has 58 heavy (non-hydrogen) atoms. The molecule has 1 radical (unpaired) electrons. The van der Waals surface area contributed by atoms with Crippen LogP contribution in [0.15, 0.2) is 0 Å². The van der Waals surface area contributed by atoms with Crippen LogP contribution in [-0.2, 0) is 36.1 Å². The van der Waals surface area contributed by atoms with E-state index < -0.39 is 0 Å². The largest absolute Gasteiger partial charge is 3.00 e. The first kappa shape index (κ1) is 64.4. The molecule has 0 atom stereocenters. The smallest absolute Gasteiger partial charge is 0.542 e. The minimum Gasteiger partial charge on any atom is -0.542 e. The molecule has 0 aliphatic carbocycles. The average molecular weight is 850 g/mol. The Morgan fingerprint density at radius 1 is 0.190 bits per heavy atom. The van der Waals surface area contributed by atoms with Crippen LogP contribution in [0.3, 0.4) is 0 Å². The van der Waals surface area contributed by atoms with E-state index in [9.17, 15) is 14.4 Å². The molecule has 0 fully saturated rings. The molecule has 0 saturated carbocycles. The van der Waals surface area contributed by atoms with Crippen molar-refractivity contribution in [1.82, 2.24) is 0 Å². The van der Waals surface area contributed by atoms with Gasteiger partial charge >= 0.3 is 21.7 Å². The summed E-state index contributed by atoms with van der Waals surface area (Å²) in [4.78, 5) is 30.0. The molecule has 0 aliphatic rings. The van der Waals surface area contributed by atoms with Crippen molar-refractivity contribution in [3.05, 3.63) is 0 Å². The van der Waals surface area contributed by atoms with Gasteiger partial charge < -0.3 is 14.4 Å². The molecular formula is C54H105O3Ti. The molecule has 0 rings (SSSR count). The van der Waals surface area contributed by atoms with Crippen molar-refractivity contribution in [1.29, 1.82) is 0 Å².